The van der Waals surface area contributed by atoms with E-state index >= 15 is 0 Å². The van der Waals surface area contributed by atoms with Crippen molar-refractivity contribution < 1.29 is 8.95 Å². The number of rotatable bonds is 4. The van der Waals surface area contributed by atoms with Crippen molar-refractivity contribution >= 4 is 32.4 Å². The maximum absolute atomic E-state index is 12.4. The van der Waals surface area contributed by atoms with E-state index in [1.54, 1.807) is 13.2 Å². The summed E-state index contributed by atoms with van der Waals surface area (Å²) in [5, 5.41) is 0. The van der Waals surface area contributed by atoms with Gasteiger partial charge in [-0.05, 0) is 30.3 Å². The maximum Gasteiger partial charge on any atom is 0.120 e. The second-order valence-corrected chi connectivity index (χ2v) is 6.28. The van der Waals surface area contributed by atoms with Crippen molar-refractivity contribution in [2.75, 3.05) is 12.8 Å². The Morgan fingerprint density at radius 2 is 2.00 bits per heavy atom. The number of hydrogen-bond donors (Lipinski definition) is 1. The molecule has 0 bridgehead atoms. The average Bonchev–Trinajstić information content (AvgIpc) is 2.43. The van der Waals surface area contributed by atoms with Gasteiger partial charge in [0.05, 0.1) is 23.7 Å². The lowest BCUT2D eigenvalue weighted by Gasteiger charge is -2.09. The van der Waals surface area contributed by atoms with Crippen molar-refractivity contribution in [1.29, 1.82) is 0 Å². The van der Waals surface area contributed by atoms with E-state index in [9.17, 15) is 4.21 Å². The first-order chi connectivity index (χ1) is 9.11. The molecule has 2 aromatic rings. The molecule has 5 heteroatoms. The van der Waals surface area contributed by atoms with Gasteiger partial charge < -0.3 is 10.5 Å². The molecule has 0 aliphatic carbocycles. The molecular weight excluding hydrogens is 326 g/mol. The summed E-state index contributed by atoms with van der Waals surface area (Å²) in [7, 11) is 0.434. The van der Waals surface area contributed by atoms with E-state index in [0.29, 0.717) is 17.2 Å². The van der Waals surface area contributed by atoms with Gasteiger partial charge in [0.25, 0.3) is 0 Å². The van der Waals surface area contributed by atoms with Crippen molar-refractivity contribution in [1.82, 2.24) is 0 Å². The molecule has 0 aliphatic rings. The van der Waals surface area contributed by atoms with E-state index in [1.165, 1.54) is 0 Å². The summed E-state index contributed by atoms with van der Waals surface area (Å²) in [5.74, 6) is 1.08. The lowest BCUT2D eigenvalue weighted by molar-refractivity contribution is 0.413. The number of ether oxygens (including phenoxy) is 1. The number of methoxy groups -OCH3 is 1. The third kappa shape index (κ3) is 3.36. The van der Waals surface area contributed by atoms with Crippen LogP contribution in [-0.2, 0) is 16.6 Å². The minimum absolute atomic E-state index is 0.375. The standard InChI is InChI=1S/C14H14BrNO2S/c1-18-10-4-2-5-11(8-10)19(17)9-12-13(15)6-3-7-14(12)16/h2-8H,9,16H2,1H3. The zero-order valence-corrected chi connectivity index (χ0v) is 12.8. The number of hydrogen-bond acceptors (Lipinski definition) is 3. The van der Waals surface area contributed by atoms with Crippen LogP contribution in [0.2, 0.25) is 0 Å². The third-order valence-corrected chi connectivity index (χ3v) is 4.81. The van der Waals surface area contributed by atoms with Crippen LogP contribution in [-0.4, -0.2) is 11.3 Å². The Kier molecular flexibility index (Phi) is 4.61. The van der Waals surface area contributed by atoms with Crippen molar-refractivity contribution in [2.45, 2.75) is 10.6 Å². The highest BCUT2D eigenvalue weighted by Gasteiger charge is 2.11. The quantitative estimate of drug-likeness (QED) is 0.869. The van der Waals surface area contributed by atoms with Gasteiger partial charge in [-0.2, -0.15) is 0 Å². The number of halogens is 1. The van der Waals surface area contributed by atoms with Crippen LogP contribution >= 0.6 is 15.9 Å². The smallest absolute Gasteiger partial charge is 0.120 e. The molecule has 19 heavy (non-hydrogen) atoms. The van der Waals surface area contributed by atoms with Gasteiger partial charge in [0, 0.05) is 20.6 Å². The number of anilines is 1. The van der Waals surface area contributed by atoms with Crippen molar-refractivity contribution in [2.24, 2.45) is 0 Å². The predicted octanol–water partition coefficient (Wildman–Crippen LogP) is 3.35. The molecule has 0 aliphatic heterocycles. The summed E-state index contributed by atoms with van der Waals surface area (Å²) < 4.78 is 18.4. The first-order valence-corrected chi connectivity index (χ1v) is 7.78. The van der Waals surface area contributed by atoms with E-state index in [2.05, 4.69) is 15.9 Å². The molecule has 0 fully saturated rings. The molecule has 2 rings (SSSR count). The van der Waals surface area contributed by atoms with Crippen LogP contribution in [0.3, 0.4) is 0 Å². The summed E-state index contributed by atoms with van der Waals surface area (Å²) in [6.07, 6.45) is 0. The third-order valence-electron chi connectivity index (χ3n) is 2.73. The Morgan fingerprint density at radius 3 is 2.68 bits per heavy atom. The van der Waals surface area contributed by atoms with Crippen LogP contribution < -0.4 is 10.5 Å². The fourth-order valence-corrected chi connectivity index (χ4v) is 3.62. The summed E-state index contributed by atoms with van der Waals surface area (Å²) in [5.41, 5.74) is 7.42. The normalized spacial score (nSPS) is 12.1. The Labute approximate surface area is 123 Å². The van der Waals surface area contributed by atoms with Gasteiger partial charge in [-0.25, -0.2) is 0 Å². The fraction of sp³-hybridized carbons (Fsp3) is 0.143. The molecule has 0 spiro atoms. The molecule has 0 saturated carbocycles. The molecule has 100 valence electrons. The highest BCUT2D eigenvalue weighted by Crippen LogP contribution is 2.26. The maximum atomic E-state index is 12.4. The van der Waals surface area contributed by atoms with Crippen LogP contribution in [0, 0.1) is 0 Å². The lowest BCUT2D eigenvalue weighted by atomic mass is 10.2. The molecule has 0 radical (unpaired) electrons. The van der Waals surface area contributed by atoms with E-state index < -0.39 is 10.8 Å². The fourth-order valence-electron chi connectivity index (χ4n) is 1.68. The Hall–Kier alpha value is -1.33. The van der Waals surface area contributed by atoms with Gasteiger partial charge in [-0.3, -0.25) is 4.21 Å². The monoisotopic (exact) mass is 339 g/mol. The van der Waals surface area contributed by atoms with Gasteiger partial charge in [0.2, 0.25) is 0 Å². The predicted molar refractivity (Wildman–Crippen MR) is 81.7 cm³/mol. The molecule has 3 nitrogen and oxygen atoms in total. The second kappa shape index (κ2) is 6.21. The van der Waals surface area contributed by atoms with E-state index in [-0.39, 0.29) is 0 Å². The van der Waals surface area contributed by atoms with E-state index in [4.69, 9.17) is 10.5 Å². The zero-order chi connectivity index (χ0) is 13.8. The van der Waals surface area contributed by atoms with E-state index in [0.717, 1.165) is 14.9 Å². The molecule has 0 amide bonds. The minimum Gasteiger partial charge on any atom is -0.497 e. The van der Waals surface area contributed by atoms with Gasteiger partial charge in [0.1, 0.15) is 5.75 Å². The van der Waals surface area contributed by atoms with E-state index in [1.807, 2.05) is 36.4 Å². The Morgan fingerprint density at radius 1 is 1.26 bits per heavy atom. The Balaban J connectivity index is 2.25. The molecule has 2 N–H and O–H groups in total. The molecule has 1 unspecified atom stereocenters. The molecule has 2 aromatic carbocycles. The highest BCUT2D eigenvalue weighted by atomic mass is 79.9. The first-order valence-electron chi connectivity index (χ1n) is 5.67. The molecule has 0 heterocycles. The summed E-state index contributed by atoms with van der Waals surface area (Å²) >= 11 is 3.44. The van der Waals surface area contributed by atoms with Crippen LogP contribution in [0.5, 0.6) is 5.75 Å². The van der Waals surface area contributed by atoms with Gasteiger partial charge in [-0.1, -0.05) is 28.1 Å². The Bertz CT molecular complexity index is 596. The molecule has 1 atom stereocenters. The van der Waals surface area contributed by atoms with Crippen molar-refractivity contribution in [3.8, 4) is 5.75 Å². The van der Waals surface area contributed by atoms with Gasteiger partial charge in [-0.15, -0.1) is 0 Å². The van der Waals surface area contributed by atoms with Gasteiger partial charge >= 0.3 is 0 Å². The highest BCUT2D eigenvalue weighted by molar-refractivity contribution is 9.10. The topological polar surface area (TPSA) is 52.3 Å². The zero-order valence-electron chi connectivity index (χ0n) is 10.4. The van der Waals surface area contributed by atoms with Crippen LogP contribution in [0.1, 0.15) is 5.56 Å². The van der Waals surface area contributed by atoms with Crippen molar-refractivity contribution in [3.05, 3.63) is 52.5 Å². The van der Waals surface area contributed by atoms with Gasteiger partial charge in [0.15, 0.2) is 0 Å². The SMILES string of the molecule is COc1cccc(S(=O)Cc2c(N)cccc2Br)c1. The lowest BCUT2D eigenvalue weighted by Crippen LogP contribution is -2.01. The molecule has 0 aromatic heterocycles. The molecular formula is C14H14BrNO2S. The number of benzene rings is 2. The number of nitrogen functional groups attached to an aromatic ring is 1. The second-order valence-electron chi connectivity index (χ2n) is 3.98. The van der Waals surface area contributed by atoms with Crippen LogP contribution in [0.15, 0.2) is 51.8 Å². The number of nitrogens with two attached hydrogens (primary N) is 1. The summed E-state index contributed by atoms with van der Waals surface area (Å²) in [6, 6.07) is 12.8. The molecule has 0 saturated heterocycles. The van der Waals surface area contributed by atoms with Crippen LogP contribution in [0.25, 0.3) is 0 Å². The average molecular weight is 340 g/mol. The largest absolute Gasteiger partial charge is 0.497 e. The minimum atomic E-state index is -1.16. The first kappa shape index (κ1) is 14.1. The van der Waals surface area contributed by atoms with Crippen molar-refractivity contribution in [3.63, 3.8) is 0 Å². The summed E-state index contributed by atoms with van der Waals surface area (Å²) in [6.45, 7) is 0. The van der Waals surface area contributed by atoms with Crippen LogP contribution in [0.4, 0.5) is 5.69 Å². The summed E-state index contributed by atoms with van der Waals surface area (Å²) in [4.78, 5) is 0.731.